The first-order valence-corrected chi connectivity index (χ1v) is 19.7. The standard InChI is InChI=1S/C54H37N3O/c1-3-13-38(14-4-1)40-23-27-42(28-24-40)55(43-29-25-41(26-30-43)39-15-5-2-6-16-39)46-35-36-48-47-17-7-8-18-49(47)56(52(48)37-46)44-31-33-45(34-32-44)57-50-19-9-11-21-53(50)58-54-22-12-10-20-51(54)57/h1-37H. The van der Waals surface area contributed by atoms with Crippen LogP contribution in [0.1, 0.15) is 0 Å². The van der Waals surface area contributed by atoms with E-state index < -0.39 is 0 Å². The van der Waals surface area contributed by atoms with Crippen LogP contribution in [0.5, 0.6) is 11.5 Å². The predicted molar refractivity (Wildman–Crippen MR) is 241 cm³/mol. The van der Waals surface area contributed by atoms with Gasteiger partial charge in [-0.3, -0.25) is 0 Å². The smallest absolute Gasteiger partial charge is 0.151 e. The molecule has 0 N–H and O–H groups in total. The molecule has 1 aliphatic rings. The highest BCUT2D eigenvalue weighted by Gasteiger charge is 2.25. The van der Waals surface area contributed by atoms with Crippen LogP contribution < -0.4 is 14.5 Å². The number of rotatable bonds is 7. The molecule has 2 heterocycles. The fourth-order valence-corrected chi connectivity index (χ4v) is 8.42. The van der Waals surface area contributed by atoms with Crippen molar-refractivity contribution in [1.82, 2.24) is 4.57 Å². The van der Waals surface area contributed by atoms with Gasteiger partial charge in [0.1, 0.15) is 0 Å². The van der Waals surface area contributed by atoms with E-state index in [1.54, 1.807) is 0 Å². The maximum atomic E-state index is 6.30. The number of hydrogen-bond donors (Lipinski definition) is 0. The van der Waals surface area contributed by atoms with Gasteiger partial charge in [-0.25, -0.2) is 0 Å². The first-order chi connectivity index (χ1) is 28.8. The van der Waals surface area contributed by atoms with Crippen molar-refractivity contribution in [2.75, 3.05) is 9.80 Å². The summed E-state index contributed by atoms with van der Waals surface area (Å²) in [4.78, 5) is 4.65. The molecule has 1 aromatic heterocycles. The molecule has 0 bridgehead atoms. The highest BCUT2D eigenvalue weighted by atomic mass is 16.5. The van der Waals surface area contributed by atoms with Crippen LogP contribution in [-0.2, 0) is 0 Å². The van der Waals surface area contributed by atoms with Gasteiger partial charge in [-0.2, -0.15) is 0 Å². The maximum absolute atomic E-state index is 6.30. The van der Waals surface area contributed by atoms with E-state index >= 15 is 0 Å². The minimum absolute atomic E-state index is 0.842. The van der Waals surface area contributed by atoms with Crippen molar-refractivity contribution in [3.05, 3.63) is 224 Å². The molecule has 11 rings (SSSR count). The van der Waals surface area contributed by atoms with Gasteiger partial charge in [0.05, 0.1) is 22.4 Å². The molecule has 0 unspecified atom stereocenters. The third kappa shape index (κ3) is 5.78. The number of para-hydroxylation sites is 5. The number of benzene rings is 9. The van der Waals surface area contributed by atoms with Gasteiger partial charge in [0.25, 0.3) is 0 Å². The molecule has 0 aliphatic carbocycles. The molecular weight excluding hydrogens is 707 g/mol. The Labute approximate surface area is 337 Å². The summed E-state index contributed by atoms with van der Waals surface area (Å²) in [5.74, 6) is 1.68. The Bertz CT molecular complexity index is 2930. The fourth-order valence-electron chi connectivity index (χ4n) is 8.42. The molecule has 0 fully saturated rings. The zero-order valence-electron chi connectivity index (χ0n) is 31.6. The third-order valence-corrected chi connectivity index (χ3v) is 11.2. The van der Waals surface area contributed by atoms with E-state index in [9.17, 15) is 0 Å². The number of ether oxygens (including phenoxy) is 1. The van der Waals surface area contributed by atoms with Crippen molar-refractivity contribution >= 4 is 55.9 Å². The van der Waals surface area contributed by atoms with E-state index in [4.69, 9.17) is 4.74 Å². The number of nitrogens with zero attached hydrogens (tertiary/aromatic N) is 3. The monoisotopic (exact) mass is 743 g/mol. The number of aromatic nitrogens is 1. The zero-order chi connectivity index (χ0) is 38.4. The first kappa shape index (κ1) is 33.5. The minimum Gasteiger partial charge on any atom is -0.453 e. The van der Waals surface area contributed by atoms with Crippen molar-refractivity contribution in [2.45, 2.75) is 0 Å². The topological polar surface area (TPSA) is 20.6 Å². The van der Waals surface area contributed by atoms with E-state index in [0.29, 0.717) is 0 Å². The summed E-state index contributed by atoms with van der Waals surface area (Å²) in [7, 11) is 0. The van der Waals surface area contributed by atoms with E-state index in [1.165, 1.54) is 33.0 Å². The largest absolute Gasteiger partial charge is 0.453 e. The quantitative estimate of drug-likeness (QED) is 0.162. The molecule has 274 valence electrons. The molecule has 4 heteroatoms. The summed E-state index contributed by atoms with van der Waals surface area (Å²) in [6, 6.07) is 79.9. The molecule has 10 aromatic rings. The van der Waals surface area contributed by atoms with Gasteiger partial charge in [0.2, 0.25) is 0 Å². The molecule has 0 saturated heterocycles. The Morgan fingerprint density at radius 2 is 0.776 bits per heavy atom. The van der Waals surface area contributed by atoms with Crippen LogP contribution in [0.4, 0.5) is 34.1 Å². The Kier molecular flexibility index (Phi) is 8.11. The lowest BCUT2D eigenvalue weighted by atomic mass is 10.0. The lowest BCUT2D eigenvalue weighted by Crippen LogP contribution is -2.15. The number of fused-ring (bicyclic) bond motifs is 5. The van der Waals surface area contributed by atoms with E-state index in [0.717, 1.165) is 62.3 Å². The Morgan fingerprint density at radius 3 is 1.36 bits per heavy atom. The first-order valence-electron chi connectivity index (χ1n) is 19.7. The highest BCUT2D eigenvalue weighted by molar-refractivity contribution is 6.10. The highest BCUT2D eigenvalue weighted by Crippen LogP contribution is 2.50. The van der Waals surface area contributed by atoms with Gasteiger partial charge in [0, 0.05) is 39.2 Å². The third-order valence-electron chi connectivity index (χ3n) is 11.2. The molecule has 9 aromatic carbocycles. The molecule has 0 saturated carbocycles. The van der Waals surface area contributed by atoms with Gasteiger partial charge in [0.15, 0.2) is 11.5 Å². The molecular formula is C54H37N3O. The lowest BCUT2D eigenvalue weighted by Gasteiger charge is -2.32. The summed E-state index contributed by atoms with van der Waals surface area (Å²) >= 11 is 0. The van der Waals surface area contributed by atoms with Gasteiger partial charge < -0.3 is 19.1 Å². The molecule has 1 aliphatic heterocycles. The molecule has 4 nitrogen and oxygen atoms in total. The SMILES string of the molecule is c1ccc(-c2ccc(N(c3ccc(-c4ccccc4)cc3)c3ccc4c5ccccc5n(-c5ccc(N6c7ccccc7Oc7ccccc76)cc5)c4c3)cc2)cc1. The minimum atomic E-state index is 0.842. The normalized spacial score (nSPS) is 11.9. The van der Waals surface area contributed by atoms with Crippen LogP contribution in [-0.4, -0.2) is 4.57 Å². The molecule has 0 spiro atoms. The van der Waals surface area contributed by atoms with Gasteiger partial charge in [-0.15, -0.1) is 0 Å². The second kappa shape index (κ2) is 14.0. The van der Waals surface area contributed by atoms with Crippen LogP contribution in [0, 0.1) is 0 Å². The lowest BCUT2D eigenvalue weighted by molar-refractivity contribution is 0.477. The van der Waals surface area contributed by atoms with E-state index in [1.807, 2.05) is 24.3 Å². The Balaban J connectivity index is 1.04. The van der Waals surface area contributed by atoms with E-state index in [-0.39, 0.29) is 0 Å². The molecule has 0 radical (unpaired) electrons. The van der Waals surface area contributed by atoms with Gasteiger partial charge in [-0.05, 0) is 113 Å². The summed E-state index contributed by atoms with van der Waals surface area (Å²) in [5.41, 5.74) is 14.5. The summed E-state index contributed by atoms with van der Waals surface area (Å²) in [6.07, 6.45) is 0. The van der Waals surface area contributed by atoms with Crippen molar-refractivity contribution in [2.24, 2.45) is 0 Å². The van der Waals surface area contributed by atoms with Gasteiger partial charge in [-0.1, -0.05) is 133 Å². The van der Waals surface area contributed by atoms with Crippen molar-refractivity contribution in [3.63, 3.8) is 0 Å². The maximum Gasteiger partial charge on any atom is 0.151 e. The van der Waals surface area contributed by atoms with Gasteiger partial charge >= 0.3 is 0 Å². The van der Waals surface area contributed by atoms with Crippen molar-refractivity contribution in [1.29, 1.82) is 0 Å². The summed E-state index contributed by atoms with van der Waals surface area (Å²) < 4.78 is 8.70. The van der Waals surface area contributed by atoms with Crippen LogP contribution in [0.15, 0.2) is 224 Å². The summed E-state index contributed by atoms with van der Waals surface area (Å²) in [5, 5.41) is 2.42. The van der Waals surface area contributed by atoms with Crippen LogP contribution in [0.3, 0.4) is 0 Å². The van der Waals surface area contributed by atoms with E-state index in [2.05, 4.69) is 215 Å². The average molecular weight is 744 g/mol. The second-order valence-corrected chi connectivity index (χ2v) is 14.6. The second-order valence-electron chi connectivity index (χ2n) is 14.6. The number of anilines is 6. The molecule has 0 atom stereocenters. The zero-order valence-corrected chi connectivity index (χ0v) is 31.6. The number of hydrogen-bond acceptors (Lipinski definition) is 3. The Morgan fingerprint density at radius 1 is 0.328 bits per heavy atom. The molecule has 58 heavy (non-hydrogen) atoms. The molecule has 0 amide bonds. The van der Waals surface area contributed by atoms with Crippen molar-refractivity contribution < 1.29 is 4.74 Å². The van der Waals surface area contributed by atoms with Crippen LogP contribution in [0.25, 0.3) is 49.7 Å². The van der Waals surface area contributed by atoms with Crippen LogP contribution in [0.2, 0.25) is 0 Å². The summed E-state index contributed by atoms with van der Waals surface area (Å²) in [6.45, 7) is 0. The average Bonchev–Trinajstić information content (AvgIpc) is 3.63. The Hall–Kier alpha value is -7.82. The predicted octanol–water partition coefficient (Wildman–Crippen LogP) is 15.2. The van der Waals surface area contributed by atoms with Crippen molar-refractivity contribution in [3.8, 4) is 39.4 Å². The van der Waals surface area contributed by atoms with Crippen LogP contribution >= 0.6 is 0 Å². The fraction of sp³-hybridized carbons (Fsp3) is 0.